The number of unbranched alkanes of at least 4 members (excludes halogenated alkanes) is 1. The van der Waals surface area contributed by atoms with Gasteiger partial charge in [-0.2, -0.15) is 0 Å². The number of carbonyl (C=O) groups is 2. The highest BCUT2D eigenvalue weighted by Crippen LogP contribution is 2.40. The molecule has 1 unspecified atom stereocenters. The van der Waals surface area contributed by atoms with E-state index in [1.807, 2.05) is 0 Å². The summed E-state index contributed by atoms with van der Waals surface area (Å²) in [4.78, 5) is 23.5. The molecule has 0 spiro atoms. The summed E-state index contributed by atoms with van der Waals surface area (Å²) in [5, 5.41) is 9.01. The summed E-state index contributed by atoms with van der Waals surface area (Å²) < 4.78 is 40.9. The van der Waals surface area contributed by atoms with E-state index >= 15 is 8.78 Å². The van der Waals surface area contributed by atoms with E-state index in [4.69, 9.17) is 14.6 Å². The quantitative estimate of drug-likeness (QED) is 0.230. The number of rotatable bonds is 14. The van der Waals surface area contributed by atoms with Crippen molar-refractivity contribution < 1.29 is 33.0 Å². The number of hydrogen-bond donors (Lipinski definition) is 1. The predicted molar refractivity (Wildman–Crippen MR) is 136 cm³/mol. The highest BCUT2D eigenvalue weighted by Gasteiger charge is 2.28. The summed E-state index contributed by atoms with van der Waals surface area (Å²) in [6, 6.07) is 3.29. The maximum atomic E-state index is 15.3. The number of ether oxygens (including phenoxy) is 2. The Morgan fingerprint density at radius 2 is 1.64 bits per heavy atom. The van der Waals surface area contributed by atoms with Crippen LogP contribution in [0.4, 0.5) is 8.78 Å². The topological polar surface area (TPSA) is 72.8 Å². The third kappa shape index (κ3) is 8.54. The van der Waals surface area contributed by atoms with Gasteiger partial charge < -0.3 is 14.6 Å². The van der Waals surface area contributed by atoms with Crippen LogP contribution in [-0.2, 0) is 19.1 Å². The minimum absolute atomic E-state index is 0.00634. The summed E-state index contributed by atoms with van der Waals surface area (Å²) in [6.45, 7) is 10.0. The van der Waals surface area contributed by atoms with Crippen LogP contribution in [0.15, 0.2) is 36.4 Å². The van der Waals surface area contributed by atoms with Crippen molar-refractivity contribution in [2.75, 3.05) is 19.8 Å². The van der Waals surface area contributed by atoms with Gasteiger partial charge in [-0.1, -0.05) is 51.5 Å². The second-order valence-corrected chi connectivity index (χ2v) is 9.82. The van der Waals surface area contributed by atoms with Crippen LogP contribution >= 0.6 is 0 Å². The third-order valence-electron chi connectivity index (χ3n) is 7.06. The molecule has 0 amide bonds. The molecule has 2 rings (SSSR count). The van der Waals surface area contributed by atoms with Gasteiger partial charge in [0.1, 0.15) is 0 Å². The number of hydrogen-bond acceptors (Lipinski definition) is 5. The molecular weight excluding hydrogens is 466 g/mol. The minimum atomic E-state index is -0.900. The molecule has 0 saturated heterocycles. The van der Waals surface area contributed by atoms with Gasteiger partial charge in [0.15, 0.2) is 11.6 Å². The van der Waals surface area contributed by atoms with Gasteiger partial charge >= 0.3 is 11.9 Å². The fourth-order valence-corrected chi connectivity index (χ4v) is 4.80. The van der Waals surface area contributed by atoms with Crippen LogP contribution in [0.2, 0.25) is 0 Å². The van der Waals surface area contributed by atoms with E-state index in [1.54, 1.807) is 12.1 Å². The highest BCUT2D eigenvalue weighted by molar-refractivity contribution is 5.88. The van der Waals surface area contributed by atoms with Gasteiger partial charge in [-0.15, -0.1) is 0 Å². The molecule has 1 N–H and O–H groups in total. The number of benzene rings is 1. The molecule has 0 aromatic heterocycles. The maximum Gasteiger partial charge on any atom is 0.335 e. The van der Waals surface area contributed by atoms with Crippen LogP contribution in [-0.4, -0.2) is 36.9 Å². The molecule has 36 heavy (non-hydrogen) atoms. The monoisotopic (exact) mass is 506 g/mol. The second kappa shape index (κ2) is 14.9. The van der Waals surface area contributed by atoms with Crippen LogP contribution in [0.5, 0.6) is 0 Å². The zero-order chi connectivity index (χ0) is 26.7. The standard InChI is InChI=1S/C29H40F2O5/c1-5-6-7-21-8-10-22(11-9-21)24-12-13-25(27(31)26(24)30)23(14-16-35-28(33)19(2)3)15-17-36-29(34)20(4)18-32/h12-13,21-23,32H,2,4-11,14-18H2,1,3H3. The van der Waals surface area contributed by atoms with Crippen molar-refractivity contribution in [1.29, 1.82) is 0 Å². The molecule has 0 bridgehead atoms. The molecule has 1 aliphatic carbocycles. The van der Waals surface area contributed by atoms with E-state index in [0.717, 1.165) is 25.7 Å². The SMILES string of the molecule is C=C(C)C(=O)OCCC(CCOC(=O)C(=C)CO)c1ccc(C2CCC(CCCC)CC2)c(F)c1F. The Balaban J connectivity index is 2.13. The van der Waals surface area contributed by atoms with Crippen molar-refractivity contribution in [2.45, 2.75) is 83.5 Å². The molecule has 5 nitrogen and oxygen atoms in total. The lowest BCUT2D eigenvalue weighted by Crippen LogP contribution is -2.17. The van der Waals surface area contributed by atoms with Gasteiger partial charge in [-0.05, 0) is 74.3 Å². The Morgan fingerprint density at radius 1 is 1.03 bits per heavy atom. The van der Waals surface area contributed by atoms with E-state index in [9.17, 15) is 9.59 Å². The molecule has 0 heterocycles. The lowest BCUT2D eigenvalue weighted by molar-refractivity contribution is -0.139. The summed E-state index contributed by atoms with van der Waals surface area (Å²) in [5.74, 6) is -2.90. The Morgan fingerprint density at radius 3 is 2.19 bits per heavy atom. The predicted octanol–water partition coefficient (Wildman–Crippen LogP) is 6.50. The van der Waals surface area contributed by atoms with E-state index in [0.29, 0.717) is 11.5 Å². The maximum absolute atomic E-state index is 15.3. The lowest BCUT2D eigenvalue weighted by atomic mass is 9.76. The van der Waals surface area contributed by atoms with E-state index in [2.05, 4.69) is 20.1 Å². The molecule has 7 heteroatoms. The molecule has 1 aromatic carbocycles. The highest BCUT2D eigenvalue weighted by atomic mass is 19.2. The fraction of sp³-hybridized carbons (Fsp3) is 0.586. The second-order valence-electron chi connectivity index (χ2n) is 9.82. The summed E-state index contributed by atoms with van der Waals surface area (Å²) in [6.07, 6.45) is 7.77. The number of halogens is 2. The first kappa shape index (κ1) is 29.7. The first-order chi connectivity index (χ1) is 17.2. The van der Waals surface area contributed by atoms with Gasteiger partial charge in [0.25, 0.3) is 0 Å². The largest absolute Gasteiger partial charge is 0.462 e. The zero-order valence-corrected chi connectivity index (χ0v) is 21.6. The molecular formula is C29H40F2O5. The van der Waals surface area contributed by atoms with Crippen LogP contribution in [0.3, 0.4) is 0 Å². The molecule has 1 fully saturated rings. The van der Waals surface area contributed by atoms with Crippen molar-refractivity contribution in [3.63, 3.8) is 0 Å². The molecule has 1 saturated carbocycles. The first-order valence-corrected chi connectivity index (χ1v) is 13.0. The minimum Gasteiger partial charge on any atom is -0.462 e. The lowest BCUT2D eigenvalue weighted by Gasteiger charge is -2.29. The average Bonchev–Trinajstić information content (AvgIpc) is 2.87. The number of aliphatic hydroxyl groups excluding tert-OH is 1. The normalized spacial score (nSPS) is 18.4. The Bertz CT molecular complexity index is 918. The van der Waals surface area contributed by atoms with Gasteiger partial charge in [0.2, 0.25) is 0 Å². The number of carbonyl (C=O) groups excluding carboxylic acids is 2. The van der Waals surface area contributed by atoms with Crippen molar-refractivity contribution in [2.24, 2.45) is 5.92 Å². The Labute approximate surface area is 213 Å². The molecule has 200 valence electrons. The van der Waals surface area contributed by atoms with Gasteiger partial charge in [0, 0.05) is 5.57 Å². The van der Waals surface area contributed by atoms with Crippen molar-refractivity contribution in [3.05, 3.63) is 59.2 Å². The van der Waals surface area contributed by atoms with Crippen LogP contribution in [0.25, 0.3) is 0 Å². The average molecular weight is 507 g/mol. The van der Waals surface area contributed by atoms with Crippen LogP contribution < -0.4 is 0 Å². The van der Waals surface area contributed by atoms with Crippen molar-refractivity contribution in [1.82, 2.24) is 0 Å². The van der Waals surface area contributed by atoms with E-state index in [-0.39, 0.29) is 48.7 Å². The summed E-state index contributed by atoms with van der Waals surface area (Å²) >= 11 is 0. The van der Waals surface area contributed by atoms with Crippen LogP contribution in [0, 0.1) is 17.6 Å². The Hall–Kier alpha value is -2.54. The summed E-state index contributed by atoms with van der Waals surface area (Å²) in [5.41, 5.74) is 0.738. The van der Waals surface area contributed by atoms with Crippen molar-refractivity contribution >= 4 is 11.9 Å². The fourth-order valence-electron chi connectivity index (χ4n) is 4.80. The summed E-state index contributed by atoms with van der Waals surface area (Å²) in [7, 11) is 0. The third-order valence-corrected chi connectivity index (χ3v) is 7.06. The smallest absolute Gasteiger partial charge is 0.335 e. The van der Waals surface area contributed by atoms with E-state index in [1.165, 1.54) is 26.2 Å². The first-order valence-electron chi connectivity index (χ1n) is 13.0. The van der Waals surface area contributed by atoms with Crippen molar-refractivity contribution in [3.8, 4) is 0 Å². The van der Waals surface area contributed by atoms with Gasteiger partial charge in [-0.3, -0.25) is 0 Å². The molecule has 0 radical (unpaired) electrons. The zero-order valence-electron chi connectivity index (χ0n) is 21.6. The molecule has 1 aliphatic rings. The Kier molecular flexibility index (Phi) is 12.3. The molecule has 1 atom stereocenters. The van der Waals surface area contributed by atoms with Crippen LogP contribution in [0.1, 0.15) is 94.6 Å². The molecule has 1 aromatic rings. The number of esters is 2. The van der Waals surface area contributed by atoms with E-state index < -0.39 is 36.1 Å². The van der Waals surface area contributed by atoms with Gasteiger partial charge in [-0.25, -0.2) is 18.4 Å². The molecule has 0 aliphatic heterocycles. The van der Waals surface area contributed by atoms with Gasteiger partial charge in [0.05, 0.1) is 25.4 Å². The number of aliphatic hydroxyl groups is 1.